The molecule has 1 aromatic carbocycles. The third-order valence-electron chi connectivity index (χ3n) is 14.4. The van der Waals surface area contributed by atoms with E-state index in [9.17, 15) is 15.0 Å². The van der Waals surface area contributed by atoms with E-state index in [4.69, 9.17) is 4.74 Å². The Labute approximate surface area is 234 Å². The topological polar surface area (TPSA) is 78.8 Å². The van der Waals surface area contributed by atoms with Crippen molar-refractivity contribution in [2.24, 2.45) is 50.7 Å². The molecule has 1 heterocycles. The van der Waals surface area contributed by atoms with Crippen LogP contribution < -0.4 is 5.32 Å². The van der Waals surface area contributed by atoms with E-state index in [-0.39, 0.29) is 40.3 Å². The van der Waals surface area contributed by atoms with E-state index in [1.165, 1.54) is 12.8 Å². The summed E-state index contributed by atoms with van der Waals surface area (Å²) in [6, 6.07) is 10.0. The van der Waals surface area contributed by atoms with Crippen LogP contribution in [0, 0.1) is 50.7 Å². The van der Waals surface area contributed by atoms with E-state index in [0.717, 1.165) is 37.7 Å². The first-order chi connectivity index (χ1) is 18.4. The van der Waals surface area contributed by atoms with E-state index >= 15 is 0 Å². The van der Waals surface area contributed by atoms with Gasteiger partial charge in [0.15, 0.2) is 0 Å². The highest BCUT2D eigenvalue weighted by molar-refractivity contribution is 5.81. The second-order valence-electron chi connectivity index (χ2n) is 15.7. The van der Waals surface area contributed by atoms with Gasteiger partial charge in [0.05, 0.1) is 18.3 Å². The first kappa shape index (κ1) is 26.5. The summed E-state index contributed by atoms with van der Waals surface area (Å²) in [4.78, 5) is 13.3. The Morgan fingerprint density at radius 2 is 1.67 bits per heavy atom. The molecule has 12 atom stereocenters. The maximum Gasteiger partial charge on any atom is 0.249 e. The summed E-state index contributed by atoms with van der Waals surface area (Å²) in [5.74, 6) is 1.59. The molecule has 3 unspecified atom stereocenters. The molecule has 5 saturated carbocycles. The molecule has 5 aliphatic carbocycles. The minimum atomic E-state index is -0.557. The largest absolute Gasteiger partial charge is 0.393 e. The normalized spacial score (nSPS) is 52.9. The summed E-state index contributed by atoms with van der Waals surface area (Å²) in [5, 5.41) is 26.3. The number of nitrogens with one attached hydrogen (secondary N) is 1. The number of ether oxygens (including phenoxy) is 1. The predicted octanol–water partition coefficient (Wildman–Crippen LogP) is 5.48. The minimum absolute atomic E-state index is 0.00177. The molecule has 3 N–H and O–H groups in total. The van der Waals surface area contributed by atoms with Crippen molar-refractivity contribution in [3.63, 3.8) is 0 Å². The van der Waals surface area contributed by atoms with E-state index in [0.29, 0.717) is 41.5 Å². The van der Waals surface area contributed by atoms with Crippen molar-refractivity contribution in [3.05, 3.63) is 35.9 Å². The van der Waals surface area contributed by atoms with Gasteiger partial charge in [-0.25, -0.2) is 0 Å². The number of carbonyl (C=O) groups excluding carboxylic acids is 1. The third kappa shape index (κ3) is 3.16. The van der Waals surface area contributed by atoms with Crippen LogP contribution in [0.4, 0.5) is 0 Å². The van der Waals surface area contributed by atoms with Gasteiger partial charge in [-0.15, -0.1) is 0 Å². The molecule has 5 heteroatoms. The zero-order valence-electron chi connectivity index (χ0n) is 24.6. The van der Waals surface area contributed by atoms with Crippen molar-refractivity contribution in [2.45, 2.75) is 117 Å². The molecule has 1 saturated heterocycles. The maximum absolute atomic E-state index is 13.3. The predicted molar refractivity (Wildman–Crippen MR) is 150 cm³/mol. The van der Waals surface area contributed by atoms with Crippen molar-refractivity contribution in [1.82, 2.24) is 5.32 Å². The molecular formula is C34H49NO4. The fraction of sp³-hybridized carbons (Fsp3) is 0.794. The second-order valence-corrected chi connectivity index (χ2v) is 15.7. The van der Waals surface area contributed by atoms with Crippen molar-refractivity contribution < 1.29 is 19.7 Å². The Morgan fingerprint density at radius 3 is 2.41 bits per heavy atom. The fourth-order valence-electron chi connectivity index (χ4n) is 12.4. The molecule has 7 rings (SSSR count). The highest BCUT2D eigenvalue weighted by Crippen LogP contribution is 2.89. The molecule has 0 bridgehead atoms. The molecule has 2 spiro atoms. The van der Waals surface area contributed by atoms with Crippen molar-refractivity contribution in [3.8, 4) is 0 Å². The van der Waals surface area contributed by atoms with Crippen LogP contribution in [0.2, 0.25) is 0 Å². The van der Waals surface area contributed by atoms with Crippen molar-refractivity contribution in [2.75, 3.05) is 0 Å². The van der Waals surface area contributed by atoms with E-state index in [1.54, 1.807) is 0 Å². The van der Waals surface area contributed by atoms with Gasteiger partial charge in [0.1, 0.15) is 6.10 Å². The van der Waals surface area contributed by atoms with E-state index in [1.807, 2.05) is 30.3 Å². The Balaban J connectivity index is 1.16. The van der Waals surface area contributed by atoms with Gasteiger partial charge in [-0.2, -0.15) is 0 Å². The molecule has 1 amide bonds. The van der Waals surface area contributed by atoms with Crippen LogP contribution in [-0.2, 0) is 16.1 Å². The lowest BCUT2D eigenvalue weighted by Gasteiger charge is -2.63. The van der Waals surface area contributed by atoms with Gasteiger partial charge < -0.3 is 20.3 Å². The molecule has 1 aliphatic heterocycles. The van der Waals surface area contributed by atoms with Gasteiger partial charge in [0, 0.05) is 12.0 Å². The first-order valence-electron chi connectivity index (χ1n) is 15.8. The van der Waals surface area contributed by atoms with Crippen LogP contribution >= 0.6 is 0 Å². The number of carbonyl (C=O) groups is 1. The zero-order valence-corrected chi connectivity index (χ0v) is 24.6. The second kappa shape index (κ2) is 8.32. The number of benzene rings is 1. The summed E-state index contributed by atoms with van der Waals surface area (Å²) in [6.45, 7) is 12.3. The average molecular weight is 536 g/mol. The lowest BCUT2D eigenvalue weighted by atomic mass is 9.41. The molecule has 1 aromatic rings. The Morgan fingerprint density at radius 1 is 0.974 bits per heavy atom. The quantitative estimate of drug-likeness (QED) is 0.479. The molecule has 5 nitrogen and oxygen atoms in total. The fourth-order valence-corrected chi connectivity index (χ4v) is 12.4. The van der Waals surface area contributed by atoms with Gasteiger partial charge in [0.2, 0.25) is 5.91 Å². The number of fused-ring (bicyclic) bond motifs is 4. The Kier molecular flexibility index (Phi) is 5.65. The van der Waals surface area contributed by atoms with Crippen LogP contribution in [0.5, 0.6) is 0 Å². The first-order valence-corrected chi connectivity index (χ1v) is 15.8. The van der Waals surface area contributed by atoms with E-state index in [2.05, 4.69) is 39.9 Å². The van der Waals surface area contributed by atoms with Crippen LogP contribution in [0.1, 0.15) is 91.5 Å². The van der Waals surface area contributed by atoms with Gasteiger partial charge in [0.25, 0.3) is 0 Å². The third-order valence-corrected chi connectivity index (χ3v) is 14.4. The molecule has 6 fully saturated rings. The van der Waals surface area contributed by atoms with Gasteiger partial charge in [-0.3, -0.25) is 4.79 Å². The lowest BCUT2D eigenvalue weighted by molar-refractivity contribution is -0.182. The highest BCUT2D eigenvalue weighted by Gasteiger charge is 2.84. The van der Waals surface area contributed by atoms with Crippen molar-refractivity contribution >= 4 is 5.91 Å². The number of amides is 1. The summed E-state index contributed by atoms with van der Waals surface area (Å²) in [6.07, 6.45) is 7.17. The van der Waals surface area contributed by atoms with Crippen LogP contribution in [-0.4, -0.2) is 40.5 Å². The molecular weight excluding hydrogens is 486 g/mol. The van der Waals surface area contributed by atoms with Crippen LogP contribution in [0.3, 0.4) is 0 Å². The molecule has 39 heavy (non-hydrogen) atoms. The van der Waals surface area contributed by atoms with Gasteiger partial charge in [-0.05, 0) is 102 Å². The molecule has 0 aromatic heterocycles. The number of hydrogen-bond acceptors (Lipinski definition) is 4. The maximum atomic E-state index is 13.3. The van der Waals surface area contributed by atoms with Gasteiger partial charge in [-0.1, -0.05) is 65.0 Å². The smallest absolute Gasteiger partial charge is 0.249 e. The Bertz CT molecular complexity index is 1150. The van der Waals surface area contributed by atoms with Crippen LogP contribution in [0.25, 0.3) is 0 Å². The minimum Gasteiger partial charge on any atom is -0.393 e. The highest BCUT2D eigenvalue weighted by atomic mass is 16.5. The standard InChI is InChI=1S/C34H49NO4/c1-20-17-22(29(38)35-18-21-9-7-6-8-10-21)39-27-26(20)31(4)15-16-34-19-33(34)14-13-25(36)30(2,3)23(33)11-12-24(34)32(31,5)28(27)37/h6-10,20,22-28,36-37H,11-19H2,1-5H3,(H,35,38)/t20-,22?,23+,24?,25+,26+,27?,28+,31-,32-,33-,34+/m1/s1. The molecule has 214 valence electrons. The van der Waals surface area contributed by atoms with Crippen molar-refractivity contribution in [1.29, 1.82) is 0 Å². The number of aliphatic hydroxyl groups excluding tert-OH is 2. The monoisotopic (exact) mass is 535 g/mol. The summed E-state index contributed by atoms with van der Waals surface area (Å²) < 4.78 is 6.65. The summed E-state index contributed by atoms with van der Waals surface area (Å²) >= 11 is 0. The molecule has 0 radical (unpaired) electrons. The molecule has 6 aliphatic rings. The summed E-state index contributed by atoms with van der Waals surface area (Å²) in [5.41, 5.74) is 1.46. The zero-order chi connectivity index (χ0) is 27.6. The SMILES string of the molecule is C[C@@H]1CC(C(=O)NCc2ccccc2)OC2[C@H]1[C@@]1(C)CC[C@@]34C[C@@]35CC[C@H](O)C(C)(C)[C@@H]5CCC4[C@]1(C)[C@H]2O. The van der Waals surface area contributed by atoms with E-state index < -0.39 is 12.2 Å². The number of hydrogen-bond donors (Lipinski definition) is 3. The number of rotatable bonds is 3. The van der Waals surface area contributed by atoms with Gasteiger partial charge >= 0.3 is 0 Å². The summed E-state index contributed by atoms with van der Waals surface area (Å²) in [7, 11) is 0. The average Bonchev–Trinajstić information content (AvgIpc) is 3.55. The van der Waals surface area contributed by atoms with Crippen LogP contribution in [0.15, 0.2) is 30.3 Å². The lowest BCUT2D eigenvalue weighted by Crippen LogP contribution is -2.59. The Hall–Kier alpha value is -1.43. The number of aliphatic hydroxyl groups is 2.